The Morgan fingerprint density at radius 1 is 1.44 bits per heavy atom. The second kappa shape index (κ2) is 7.38. The third kappa shape index (κ3) is 7.29. The zero-order valence-corrected chi connectivity index (χ0v) is 10.4. The maximum Gasteiger partial charge on any atom is 0.411 e. The number of halogens is 3. The van der Waals surface area contributed by atoms with Crippen molar-refractivity contribution in [1.82, 2.24) is 5.32 Å². The zero-order chi connectivity index (χ0) is 13.4. The minimum absolute atomic E-state index is 0.0966. The monoisotopic (exact) mass is 281 g/mol. The van der Waals surface area contributed by atoms with Gasteiger partial charge in [0, 0.05) is 17.8 Å². The van der Waals surface area contributed by atoms with Crippen molar-refractivity contribution < 1.29 is 22.7 Å². The Morgan fingerprint density at radius 3 is 2.83 bits per heavy atom. The molecule has 0 aliphatic carbocycles. The highest BCUT2D eigenvalue weighted by Gasteiger charge is 2.27. The molecule has 1 aromatic rings. The Labute approximate surface area is 107 Å². The number of hydrogen-bond donors (Lipinski definition) is 1. The van der Waals surface area contributed by atoms with E-state index in [0.29, 0.717) is 12.8 Å². The van der Waals surface area contributed by atoms with Crippen LogP contribution in [0.2, 0.25) is 0 Å². The van der Waals surface area contributed by atoms with Crippen LogP contribution in [0.15, 0.2) is 17.5 Å². The Bertz CT molecular complexity index is 352. The van der Waals surface area contributed by atoms with Crippen LogP contribution < -0.4 is 5.32 Å². The predicted molar refractivity (Wildman–Crippen MR) is 62.5 cm³/mol. The summed E-state index contributed by atoms with van der Waals surface area (Å²) in [5, 5.41) is 4.43. The van der Waals surface area contributed by atoms with Gasteiger partial charge in [-0.25, -0.2) is 0 Å². The Morgan fingerprint density at radius 2 is 2.22 bits per heavy atom. The molecule has 0 saturated heterocycles. The summed E-state index contributed by atoms with van der Waals surface area (Å²) in [5.74, 6) is -0.181. The van der Waals surface area contributed by atoms with Gasteiger partial charge >= 0.3 is 6.18 Å². The zero-order valence-electron chi connectivity index (χ0n) is 9.63. The Hall–Kier alpha value is -1.08. The topological polar surface area (TPSA) is 38.3 Å². The molecular weight excluding hydrogens is 267 g/mol. The molecule has 18 heavy (non-hydrogen) atoms. The first-order valence-electron chi connectivity index (χ1n) is 5.41. The average Bonchev–Trinajstić information content (AvgIpc) is 2.77. The van der Waals surface area contributed by atoms with E-state index in [1.165, 1.54) is 0 Å². The van der Waals surface area contributed by atoms with Crippen molar-refractivity contribution >= 4 is 17.2 Å². The van der Waals surface area contributed by atoms with Crippen LogP contribution in [0.3, 0.4) is 0 Å². The molecule has 1 aromatic heterocycles. The van der Waals surface area contributed by atoms with Gasteiger partial charge in [-0.3, -0.25) is 4.79 Å². The summed E-state index contributed by atoms with van der Waals surface area (Å²) >= 11 is 1.57. The number of nitrogens with one attached hydrogen (secondary N) is 1. The molecule has 7 heteroatoms. The van der Waals surface area contributed by atoms with Crippen LogP contribution in [0.25, 0.3) is 0 Å². The first-order valence-corrected chi connectivity index (χ1v) is 6.29. The van der Waals surface area contributed by atoms with Gasteiger partial charge < -0.3 is 10.1 Å². The molecule has 0 spiro atoms. The highest BCUT2D eigenvalue weighted by molar-refractivity contribution is 7.09. The molecule has 0 atom stereocenters. The lowest BCUT2D eigenvalue weighted by Crippen LogP contribution is -2.28. The van der Waals surface area contributed by atoms with Crippen LogP contribution in [0.4, 0.5) is 13.2 Å². The van der Waals surface area contributed by atoms with Crippen LogP contribution in [-0.2, 0) is 16.0 Å². The van der Waals surface area contributed by atoms with Crippen molar-refractivity contribution in [2.75, 3.05) is 19.8 Å². The number of hydrogen-bond acceptors (Lipinski definition) is 3. The fourth-order valence-corrected chi connectivity index (χ4v) is 1.94. The van der Waals surface area contributed by atoms with E-state index in [0.717, 1.165) is 4.88 Å². The number of rotatable bonds is 7. The maximum absolute atomic E-state index is 11.7. The van der Waals surface area contributed by atoms with Crippen molar-refractivity contribution in [3.8, 4) is 0 Å². The molecule has 0 aromatic carbocycles. The van der Waals surface area contributed by atoms with Crippen molar-refractivity contribution in [3.63, 3.8) is 0 Å². The number of aryl methyl sites for hydroxylation is 1. The Balaban J connectivity index is 2.00. The first-order chi connectivity index (χ1) is 8.47. The van der Waals surface area contributed by atoms with E-state index in [9.17, 15) is 18.0 Å². The van der Waals surface area contributed by atoms with Gasteiger partial charge in [-0.2, -0.15) is 13.2 Å². The lowest BCUT2D eigenvalue weighted by molar-refractivity contribution is -0.173. The van der Waals surface area contributed by atoms with Crippen LogP contribution in [0.5, 0.6) is 0 Å². The lowest BCUT2D eigenvalue weighted by Gasteiger charge is -2.08. The summed E-state index contributed by atoms with van der Waals surface area (Å²) in [6, 6.07) is 3.84. The quantitative estimate of drug-likeness (QED) is 0.779. The summed E-state index contributed by atoms with van der Waals surface area (Å²) in [5.41, 5.74) is 0. The van der Waals surface area contributed by atoms with Crippen molar-refractivity contribution in [3.05, 3.63) is 22.4 Å². The van der Waals surface area contributed by atoms with Crippen molar-refractivity contribution in [2.45, 2.75) is 19.0 Å². The third-order valence-electron chi connectivity index (χ3n) is 2.01. The van der Waals surface area contributed by atoms with Crippen LogP contribution in [0, 0.1) is 0 Å². The van der Waals surface area contributed by atoms with Gasteiger partial charge in [0.25, 0.3) is 0 Å². The molecule has 0 unspecified atom stereocenters. The lowest BCUT2D eigenvalue weighted by atomic mass is 10.2. The molecule has 1 heterocycles. The van der Waals surface area contributed by atoms with Gasteiger partial charge in [-0.15, -0.1) is 11.3 Å². The highest BCUT2D eigenvalue weighted by atomic mass is 32.1. The van der Waals surface area contributed by atoms with Gasteiger partial charge in [-0.05, 0) is 17.9 Å². The average molecular weight is 281 g/mol. The molecule has 0 saturated carbocycles. The predicted octanol–water partition coefficient (Wildman–Crippen LogP) is 2.38. The molecule has 0 bridgehead atoms. The van der Waals surface area contributed by atoms with E-state index in [2.05, 4.69) is 10.1 Å². The number of carbonyl (C=O) groups is 1. The molecule has 0 radical (unpaired) electrons. The minimum atomic E-state index is -4.32. The number of ether oxygens (including phenoxy) is 1. The Kier molecular flexibility index (Phi) is 6.14. The molecule has 1 rings (SSSR count). The van der Waals surface area contributed by atoms with E-state index in [1.54, 1.807) is 11.3 Å². The van der Waals surface area contributed by atoms with E-state index >= 15 is 0 Å². The number of amides is 1. The fraction of sp³-hybridized carbons (Fsp3) is 0.545. The molecule has 1 amide bonds. The third-order valence-corrected chi connectivity index (χ3v) is 2.95. The summed E-state index contributed by atoms with van der Waals surface area (Å²) in [4.78, 5) is 12.4. The van der Waals surface area contributed by atoms with E-state index in [4.69, 9.17) is 0 Å². The summed E-state index contributed by atoms with van der Waals surface area (Å²) in [7, 11) is 0. The summed E-state index contributed by atoms with van der Waals surface area (Å²) in [6.45, 7) is -1.32. The van der Waals surface area contributed by atoms with Gasteiger partial charge in [0.1, 0.15) is 6.61 Å². The normalized spacial score (nSPS) is 11.5. The molecular formula is C11H14F3NO2S. The minimum Gasteiger partial charge on any atom is -0.370 e. The second-order valence-electron chi connectivity index (χ2n) is 3.60. The van der Waals surface area contributed by atoms with Crippen LogP contribution in [-0.4, -0.2) is 31.8 Å². The number of thiophene rings is 1. The van der Waals surface area contributed by atoms with E-state index in [-0.39, 0.29) is 19.1 Å². The number of carbonyl (C=O) groups excluding carboxylic acids is 1. The summed E-state index contributed by atoms with van der Waals surface area (Å²) < 4.78 is 39.5. The second-order valence-corrected chi connectivity index (χ2v) is 4.63. The van der Waals surface area contributed by atoms with Crippen molar-refractivity contribution in [2.24, 2.45) is 0 Å². The van der Waals surface area contributed by atoms with E-state index in [1.807, 2.05) is 17.5 Å². The molecule has 3 nitrogen and oxygen atoms in total. The molecule has 1 N–H and O–H groups in total. The highest BCUT2D eigenvalue weighted by Crippen LogP contribution is 2.14. The van der Waals surface area contributed by atoms with Gasteiger partial charge in [-0.1, -0.05) is 6.07 Å². The molecule has 0 fully saturated rings. The standard InChI is InChI=1S/C11H14F3NO2S/c12-11(13,14)8-17-6-5-15-10(16)4-3-9-2-1-7-18-9/h1-2,7H,3-6,8H2,(H,15,16). The molecule has 0 aliphatic heterocycles. The van der Waals surface area contributed by atoms with Gasteiger partial charge in [0.2, 0.25) is 5.91 Å². The fourth-order valence-electron chi connectivity index (χ4n) is 1.23. The SMILES string of the molecule is O=C(CCc1cccs1)NCCOCC(F)(F)F. The van der Waals surface area contributed by atoms with Crippen molar-refractivity contribution in [1.29, 1.82) is 0 Å². The molecule has 0 aliphatic rings. The number of alkyl halides is 3. The smallest absolute Gasteiger partial charge is 0.370 e. The van der Waals surface area contributed by atoms with Gasteiger partial charge in [0.15, 0.2) is 0 Å². The molecule has 102 valence electrons. The van der Waals surface area contributed by atoms with E-state index < -0.39 is 12.8 Å². The maximum atomic E-state index is 11.7. The summed E-state index contributed by atoms with van der Waals surface area (Å²) in [6.07, 6.45) is -3.34. The van der Waals surface area contributed by atoms with Crippen LogP contribution >= 0.6 is 11.3 Å². The first kappa shape index (κ1) is 15.0. The largest absolute Gasteiger partial charge is 0.411 e. The van der Waals surface area contributed by atoms with Gasteiger partial charge in [0.05, 0.1) is 6.61 Å². The van der Waals surface area contributed by atoms with Crippen LogP contribution in [0.1, 0.15) is 11.3 Å².